The molecule has 1 unspecified atom stereocenters. The number of rotatable bonds is 4. The number of nitrogens with two attached hydrogens (primary N) is 1. The maximum atomic E-state index is 5.70. The molecular weight excluding hydrogens is 188 g/mol. The van der Waals surface area contributed by atoms with E-state index in [4.69, 9.17) is 5.73 Å². The summed E-state index contributed by atoms with van der Waals surface area (Å²) in [5.74, 6) is 0.885. The van der Waals surface area contributed by atoms with Gasteiger partial charge >= 0.3 is 0 Å². The van der Waals surface area contributed by atoms with Crippen LogP contribution in [-0.2, 0) is 0 Å². The molecule has 4 nitrogen and oxygen atoms in total. The van der Waals surface area contributed by atoms with Crippen LogP contribution < -0.4 is 11.1 Å². The number of anilines is 2. The second-order valence-corrected chi connectivity index (χ2v) is 4.23. The van der Waals surface area contributed by atoms with E-state index in [1.165, 1.54) is 0 Å². The molecule has 0 fully saturated rings. The third-order valence-electron chi connectivity index (χ3n) is 2.18. The Balaban J connectivity index is 2.60. The lowest BCUT2D eigenvalue weighted by Gasteiger charge is -2.19. The standard InChI is InChI=1S/C11H20N4/c1-8-5-11(13-6-10(8)12)14-9(2)7-15(3)4/h5-6,9H,7,12H2,1-4H3,(H,13,14). The van der Waals surface area contributed by atoms with Crippen molar-refractivity contribution in [1.82, 2.24) is 9.88 Å². The third kappa shape index (κ3) is 3.75. The molecule has 1 aromatic heterocycles. The lowest BCUT2D eigenvalue weighted by molar-refractivity contribution is 0.392. The number of aromatic nitrogens is 1. The largest absolute Gasteiger partial charge is 0.397 e. The molecular formula is C11H20N4. The quantitative estimate of drug-likeness (QED) is 0.784. The summed E-state index contributed by atoms with van der Waals surface area (Å²) in [6.07, 6.45) is 1.69. The van der Waals surface area contributed by atoms with E-state index in [9.17, 15) is 0 Å². The molecule has 3 N–H and O–H groups in total. The highest BCUT2D eigenvalue weighted by molar-refractivity contribution is 5.51. The molecule has 0 aliphatic heterocycles. The van der Waals surface area contributed by atoms with E-state index in [1.807, 2.05) is 13.0 Å². The molecule has 1 aromatic rings. The van der Waals surface area contributed by atoms with E-state index < -0.39 is 0 Å². The molecule has 15 heavy (non-hydrogen) atoms. The second kappa shape index (κ2) is 4.98. The van der Waals surface area contributed by atoms with Gasteiger partial charge in [-0.2, -0.15) is 0 Å². The molecule has 0 aliphatic rings. The van der Waals surface area contributed by atoms with Gasteiger partial charge in [-0.1, -0.05) is 0 Å². The van der Waals surface area contributed by atoms with Crippen LogP contribution in [0, 0.1) is 6.92 Å². The number of nitrogen functional groups attached to an aromatic ring is 1. The summed E-state index contributed by atoms with van der Waals surface area (Å²) >= 11 is 0. The fraction of sp³-hybridized carbons (Fsp3) is 0.545. The lowest BCUT2D eigenvalue weighted by atomic mass is 10.2. The van der Waals surface area contributed by atoms with E-state index >= 15 is 0 Å². The van der Waals surface area contributed by atoms with Crippen LogP contribution in [0.25, 0.3) is 0 Å². The molecule has 0 bridgehead atoms. The predicted octanol–water partition coefficient (Wildman–Crippen LogP) is 1.33. The monoisotopic (exact) mass is 208 g/mol. The molecule has 0 amide bonds. The van der Waals surface area contributed by atoms with E-state index in [0.717, 1.165) is 23.6 Å². The first-order valence-electron chi connectivity index (χ1n) is 5.12. The number of nitrogens with one attached hydrogen (secondary N) is 1. The number of nitrogens with zero attached hydrogens (tertiary/aromatic N) is 2. The van der Waals surface area contributed by atoms with Gasteiger partial charge in [0.05, 0.1) is 11.9 Å². The van der Waals surface area contributed by atoms with Crippen LogP contribution in [0.3, 0.4) is 0 Å². The molecule has 0 spiro atoms. The lowest BCUT2D eigenvalue weighted by Crippen LogP contribution is -2.29. The molecule has 0 radical (unpaired) electrons. The van der Waals surface area contributed by atoms with Gasteiger partial charge in [0, 0.05) is 12.6 Å². The summed E-state index contributed by atoms with van der Waals surface area (Å²) < 4.78 is 0. The first-order valence-corrected chi connectivity index (χ1v) is 5.12. The van der Waals surface area contributed by atoms with Gasteiger partial charge in [0.1, 0.15) is 5.82 Å². The first kappa shape index (κ1) is 11.8. The van der Waals surface area contributed by atoms with E-state index in [2.05, 4.69) is 36.2 Å². The Labute approximate surface area is 91.5 Å². The van der Waals surface area contributed by atoms with Gasteiger partial charge in [-0.15, -0.1) is 0 Å². The van der Waals surface area contributed by atoms with Crippen molar-refractivity contribution in [2.45, 2.75) is 19.9 Å². The smallest absolute Gasteiger partial charge is 0.126 e. The van der Waals surface area contributed by atoms with Gasteiger partial charge in [0.25, 0.3) is 0 Å². The van der Waals surface area contributed by atoms with Crippen molar-refractivity contribution in [2.75, 3.05) is 31.7 Å². The second-order valence-electron chi connectivity index (χ2n) is 4.23. The summed E-state index contributed by atoms with van der Waals surface area (Å²) in [5.41, 5.74) is 7.50. The van der Waals surface area contributed by atoms with Crippen LogP contribution in [-0.4, -0.2) is 36.6 Å². The van der Waals surface area contributed by atoms with Gasteiger partial charge in [-0.25, -0.2) is 4.98 Å². The Hall–Kier alpha value is -1.29. The molecule has 0 aliphatic carbocycles. The van der Waals surface area contributed by atoms with Crippen LogP contribution in [0.5, 0.6) is 0 Å². The number of pyridine rings is 1. The van der Waals surface area contributed by atoms with Crippen molar-refractivity contribution in [3.05, 3.63) is 17.8 Å². The van der Waals surface area contributed by atoms with Gasteiger partial charge in [0.2, 0.25) is 0 Å². The average Bonchev–Trinajstić information content (AvgIpc) is 2.10. The van der Waals surface area contributed by atoms with Crippen LogP contribution in [0.1, 0.15) is 12.5 Å². The van der Waals surface area contributed by atoms with Gasteiger partial charge in [0.15, 0.2) is 0 Å². The van der Waals surface area contributed by atoms with Crippen molar-refractivity contribution < 1.29 is 0 Å². The van der Waals surface area contributed by atoms with Crippen molar-refractivity contribution in [3.8, 4) is 0 Å². The van der Waals surface area contributed by atoms with Gasteiger partial charge in [-0.3, -0.25) is 0 Å². The Bertz CT molecular complexity index is 322. The van der Waals surface area contributed by atoms with Crippen molar-refractivity contribution in [2.24, 2.45) is 0 Å². The molecule has 0 aromatic carbocycles. The molecule has 1 rings (SSSR count). The van der Waals surface area contributed by atoms with Crippen LogP contribution in [0.2, 0.25) is 0 Å². The summed E-state index contributed by atoms with van der Waals surface area (Å²) in [7, 11) is 4.11. The topological polar surface area (TPSA) is 54.2 Å². The minimum atomic E-state index is 0.371. The summed E-state index contributed by atoms with van der Waals surface area (Å²) in [6.45, 7) is 5.09. The Morgan fingerprint density at radius 2 is 2.20 bits per heavy atom. The zero-order chi connectivity index (χ0) is 11.4. The SMILES string of the molecule is Cc1cc(NC(C)CN(C)C)ncc1N. The minimum Gasteiger partial charge on any atom is -0.397 e. The first-order chi connectivity index (χ1) is 6.99. The number of likely N-dealkylation sites (N-methyl/N-ethyl adjacent to an activating group) is 1. The van der Waals surface area contributed by atoms with E-state index in [0.29, 0.717) is 6.04 Å². The summed E-state index contributed by atoms with van der Waals surface area (Å²) in [6, 6.07) is 2.34. The number of hydrogen-bond donors (Lipinski definition) is 2. The van der Waals surface area contributed by atoms with Gasteiger partial charge < -0.3 is 16.0 Å². The van der Waals surface area contributed by atoms with Crippen LogP contribution in [0.15, 0.2) is 12.3 Å². The molecule has 0 saturated carbocycles. The third-order valence-corrected chi connectivity index (χ3v) is 2.18. The van der Waals surface area contributed by atoms with E-state index in [1.54, 1.807) is 6.20 Å². The Morgan fingerprint density at radius 1 is 1.53 bits per heavy atom. The van der Waals surface area contributed by atoms with Crippen molar-refractivity contribution in [3.63, 3.8) is 0 Å². The maximum absolute atomic E-state index is 5.70. The predicted molar refractivity (Wildman–Crippen MR) is 65.0 cm³/mol. The maximum Gasteiger partial charge on any atom is 0.126 e. The minimum absolute atomic E-state index is 0.371. The fourth-order valence-electron chi connectivity index (χ4n) is 1.49. The van der Waals surface area contributed by atoms with Crippen LogP contribution in [0.4, 0.5) is 11.5 Å². The Morgan fingerprint density at radius 3 is 2.73 bits per heavy atom. The zero-order valence-corrected chi connectivity index (χ0v) is 9.91. The zero-order valence-electron chi connectivity index (χ0n) is 9.91. The van der Waals surface area contributed by atoms with Crippen molar-refractivity contribution in [1.29, 1.82) is 0 Å². The number of hydrogen-bond acceptors (Lipinski definition) is 4. The highest BCUT2D eigenvalue weighted by Crippen LogP contribution is 2.13. The molecule has 4 heteroatoms. The molecule has 84 valence electrons. The molecule has 1 atom stereocenters. The molecule has 0 saturated heterocycles. The van der Waals surface area contributed by atoms with E-state index in [-0.39, 0.29) is 0 Å². The molecule has 1 heterocycles. The number of aryl methyl sites for hydroxylation is 1. The summed E-state index contributed by atoms with van der Waals surface area (Å²) in [5, 5.41) is 3.33. The van der Waals surface area contributed by atoms with Crippen LogP contribution >= 0.6 is 0 Å². The summed E-state index contributed by atoms with van der Waals surface area (Å²) in [4.78, 5) is 6.37. The average molecular weight is 208 g/mol. The highest BCUT2D eigenvalue weighted by Gasteiger charge is 2.04. The van der Waals surface area contributed by atoms with Gasteiger partial charge in [-0.05, 0) is 39.6 Å². The highest BCUT2D eigenvalue weighted by atomic mass is 15.1. The fourth-order valence-corrected chi connectivity index (χ4v) is 1.49. The van der Waals surface area contributed by atoms with Crippen molar-refractivity contribution >= 4 is 11.5 Å². The Kier molecular flexibility index (Phi) is 3.91. The normalized spacial score (nSPS) is 12.9.